The Morgan fingerprint density at radius 2 is 1.53 bits per heavy atom. The third kappa shape index (κ3) is 3.34. The van der Waals surface area contributed by atoms with Crippen LogP contribution in [0.3, 0.4) is 0 Å². The Bertz CT molecular complexity index is 714. The lowest BCUT2D eigenvalue weighted by atomic mass is 10.3. The number of halogens is 3. The average Bonchev–Trinajstić information content (AvgIpc) is 2.34. The molecule has 2 rings (SSSR count). The summed E-state index contributed by atoms with van der Waals surface area (Å²) >= 11 is 17.3. The van der Waals surface area contributed by atoms with E-state index in [2.05, 4.69) is 0 Å². The number of rotatable bonds is 3. The predicted octanol–water partition coefficient (Wildman–Crippen LogP) is 4.41. The van der Waals surface area contributed by atoms with Gasteiger partial charge in [0.1, 0.15) is 10.6 Å². The van der Waals surface area contributed by atoms with Gasteiger partial charge in [-0.05, 0) is 24.3 Å². The molecule has 7 heteroatoms. The van der Waals surface area contributed by atoms with Crippen LogP contribution in [-0.4, -0.2) is 8.42 Å². The molecule has 0 radical (unpaired) electrons. The van der Waals surface area contributed by atoms with Gasteiger partial charge in [0.15, 0.2) is 0 Å². The molecule has 2 aromatic carbocycles. The summed E-state index contributed by atoms with van der Waals surface area (Å²) < 4.78 is 29.0. The van der Waals surface area contributed by atoms with Gasteiger partial charge in [0.25, 0.3) is 0 Å². The molecule has 0 aliphatic rings. The largest absolute Gasteiger partial charge is 0.379 e. The molecule has 0 bridgehead atoms. The van der Waals surface area contributed by atoms with Crippen molar-refractivity contribution in [2.45, 2.75) is 4.90 Å². The van der Waals surface area contributed by atoms with Crippen molar-refractivity contribution in [3.8, 4) is 5.75 Å². The Kier molecular flexibility index (Phi) is 4.26. The second-order valence-electron chi connectivity index (χ2n) is 3.54. The molecule has 0 aromatic heterocycles. The van der Waals surface area contributed by atoms with Crippen LogP contribution < -0.4 is 4.18 Å². The molecule has 0 spiro atoms. The van der Waals surface area contributed by atoms with E-state index in [1.54, 1.807) is 12.1 Å². The summed E-state index contributed by atoms with van der Waals surface area (Å²) in [7, 11) is -4.01. The van der Waals surface area contributed by atoms with Gasteiger partial charge in [-0.3, -0.25) is 0 Å². The van der Waals surface area contributed by atoms with Gasteiger partial charge >= 0.3 is 10.1 Å². The van der Waals surface area contributed by atoms with Gasteiger partial charge < -0.3 is 4.18 Å². The molecule has 0 saturated heterocycles. The molecule has 0 amide bonds. The summed E-state index contributed by atoms with van der Waals surface area (Å²) in [5.74, 6) is 0.0642. The van der Waals surface area contributed by atoms with Crippen molar-refractivity contribution in [2.75, 3.05) is 0 Å². The molecule has 100 valence electrons. The Morgan fingerprint density at radius 3 is 2.16 bits per heavy atom. The van der Waals surface area contributed by atoms with E-state index < -0.39 is 10.1 Å². The average molecular weight is 338 g/mol. The molecule has 0 N–H and O–H groups in total. The third-order valence-corrected chi connectivity index (χ3v) is 4.69. The molecule has 19 heavy (non-hydrogen) atoms. The maximum Gasteiger partial charge on any atom is 0.340 e. The first-order chi connectivity index (χ1) is 8.90. The summed E-state index contributed by atoms with van der Waals surface area (Å²) in [6.07, 6.45) is 0. The fourth-order valence-corrected chi connectivity index (χ4v) is 3.05. The van der Waals surface area contributed by atoms with E-state index >= 15 is 0 Å². The highest BCUT2D eigenvalue weighted by atomic mass is 35.5. The van der Waals surface area contributed by atoms with E-state index in [0.717, 1.165) is 0 Å². The molecule has 0 aliphatic heterocycles. The molecule has 0 heterocycles. The third-order valence-electron chi connectivity index (χ3n) is 2.20. The van der Waals surface area contributed by atoms with Crippen LogP contribution in [0.4, 0.5) is 0 Å². The van der Waals surface area contributed by atoms with Gasteiger partial charge in [-0.25, -0.2) is 0 Å². The van der Waals surface area contributed by atoms with Crippen molar-refractivity contribution in [2.24, 2.45) is 0 Å². The lowest BCUT2D eigenvalue weighted by Crippen LogP contribution is -2.10. The molecular formula is C12H7Cl3O3S. The highest BCUT2D eigenvalue weighted by Crippen LogP contribution is 2.29. The number of benzene rings is 2. The molecule has 0 atom stereocenters. The highest BCUT2D eigenvalue weighted by molar-refractivity contribution is 7.87. The second-order valence-corrected chi connectivity index (χ2v) is 6.28. The van der Waals surface area contributed by atoms with E-state index in [1.807, 2.05) is 0 Å². The van der Waals surface area contributed by atoms with Crippen molar-refractivity contribution in [3.05, 3.63) is 57.5 Å². The first-order valence-electron chi connectivity index (χ1n) is 5.04. The van der Waals surface area contributed by atoms with Crippen molar-refractivity contribution in [3.63, 3.8) is 0 Å². The Morgan fingerprint density at radius 1 is 0.842 bits per heavy atom. The summed E-state index contributed by atoms with van der Waals surface area (Å²) in [5.41, 5.74) is 0. The zero-order valence-electron chi connectivity index (χ0n) is 9.31. The Hall–Kier alpha value is -0.940. The van der Waals surface area contributed by atoms with Crippen molar-refractivity contribution in [1.29, 1.82) is 0 Å². The maximum absolute atomic E-state index is 12.0. The SMILES string of the molecule is O=S(=O)(Oc1ccc(Cl)c(Cl)c1)c1ccccc1Cl. The predicted molar refractivity (Wildman–Crippen MR) is 75.7 cm³/mol. The maximum atomic E-state index is 12.0. The van der Waals surface area contributed by atoms with Gasteiger partial charge in [0.2, 0.25) is 0 Å². The first kappa shape index (κ1) is 14.5. The van der Waals surface area contributed by atoms with Crippen LogP contribution in [0.15, 0.2) is 47.4 Å². The normalized spacial score (nSPS) is 11.3. The summed E-state index contributed by atoms with van der Waals surface area (Å²) in [5, 5.41) is 0.597. The zero-order valence-corrected chi connectivity index (χ0v) is 12.4. The number of hydrogen-bond donors (Lipinski definition) is 0. The van der Waals surface area contributed by atoms with E-state index in [0.29, 0.717) is 5.02 Å². The quantitative estimate of drug-likeness (QED) is 0.779. The highest BCUT2D eigenvalue weighted by Gasteiger charge is 2.20. The van der Waals surface area contributed by atoms with Crippen LogP contribution in [-0.2, 0) is 10.1 Å². The lowest BCUT2D eigenvalue weighted by molar-refractivity contribution is 0.486. The van der Waals surface area contributed by atoms with Crippen LogP contribution in [0.25, 0.3) is 0 Å². The van der Waals surface area contributed by atoms with E-state index in [1.165, 1.54) is 30.3 Å². The van der Waals surface area contributed by atoms with Gasteiger partial charge in [0.05, 0.1) is 15.1 Å². The number of hydrogen-bond acceptors (Lipinski definition) is 3. The summed E-state index contributed by atoms with van der Waals surface area (Å²) in [4.78, 5) is -0.109. The molecule has 3 nitrogen and oxygen atoms in total. The monoisotopic (exact) mass is 336 g/mol. The minimum absolute atomic E-state index is 0.0642. The van der Waals surface area contributed by atoms with Crippen LogP contribution in [0.2, 0.25) is 15.1 Å². The molecule has 0 fully saturated rings. The Labute approximate surface area is 125 Å². The fourth-order valence-electron chi connectivity index (χ4n) is 1.35. The van der Waals surface area contributed by atoms with Gasteiger partial charge in [0, 0.05) is 6.07 Å². The smallest absolute Gasteiger partial charge is 0.340 e. The van der Waals surface area contributed by atoms with Crippen LogP contribution in [0.1, 0.15) is 0 Å². The molecule has 0 saturated carbocycles. The van der Waals surface area contributed by atoms with Gasteiger partial charge in [-0.15, -0.1) is 0 Å². The van der Waals surface area contributed by atoms with Gasteiger partial charge in [-0.1, -0.05) is 46.9 Å². The topological polar surface area (TPSA) is 43.4 Å². The van der Waals surface area contributed by atoms with E-state index in [-0.39, 0.29) is 20.7 Å². The lowest BCUT2D eigenvalue weighted by Gasteiger charge is -2.08. The standard InChI is InChI=1S/C12H7Cl3O3S/c13-9-6-5-8(7-11(9)15)18-19(16,17)12-4-2-1-3-10(12)14/h1-7H. The van der Waals surface area contributed by atoms with Crippen molar-refractivity contribution in [1.82, 2.24) is 0 Å². The minimum atomic E-state index is -4.01. The van der Waals surface area contributed by atoms with E-state index in [9.17, 15) is 8.42 Å². The molecule has 0 unspecified atom stereocenters. The minimum Gasteiger partial charge on any atom is -0.379 e. The second kappa shape index (κ2) is 5.59. The molecular weight excluding hydrogens is 331 g/mol. The van der Waals surface area contributed by atoms with Crippen LogP contribution in [0, 0.1) is 0 Å². The zero-order chi connectivity index (χ0) is 14.0. The molecule has 0 aliphatic carbocycles. The summed E-state index contributed by atoms with van der Waals surface area (Å²) in [6.45, 7) is 0. The van der Waals surface area contributed by atoms with E-state index in [4.69, 9.17) is 39.0 Å². The van der Waals surface area contributed by atoms with Crippen molar-refractivity contribution >= 4 is 44.9 Å². The van der Waals surface area contributed by atoms with Crippen molar-refractivity contribution < 1.29 is 12.6 Å². The first-order valence-corrected chi connectivity index (χ1v) is 7.58. The van der Waals surface area contributed by atoms with Crippen LogP contribution in [0.5, 0.6) is 5.75 Å². The van der Waals surface area contributed by atoms with Gasteiger partial charge in [-0.2, -0.15) is 8.42 Å². The fraction of sp³-hybridized carbons (Fsp3) is 0. The summed E-state index contributed by atoms with van der Waals surface area (Å²) in [6, 6.07) is 10.2. The Balaban J connectivity index is 2.37. The molecule has 2 aromatic rings. The van der Waals surface area contributed by atoms with Crippen LogP contribution >= 0.6 is 34.8 Å².